The molecule has 1 aromatic carbocycles. The highest BCUT2D eigenvalue weighted by atomic mass is 16.5. The molecular formula is C16H24O5. The van der Waals surface area contributed by atoms with E-state index in [1.54, 1.807) is 0 Å². The van der Waals surface area contributed by atoms with Gasteiger partial charge < -0.3 is 20.1 Å². The highest BCUT2D eigenvalue weighted by molar-refractivity contribution is 5.95. The molecular weight excluding hydrogens is 272 g/mol. The molecule has 0 aromatic heterocycles. The van der Waals surface area contributed by atoms with Crippen LogP contribution in [0.2, 0.25) is 0 Å². The summed E-state index contributed by atoms with van der Waals surface area (Å²) in [6, 6.07) is 1.40. The summed E-state index contributed by atoms with van der Waals surface area (Å²) in [5.41, 5.74) is 0.277. The van der Waals surface area contributed by atoms with Crippen LogP contribution in [-0.4, -0.2) is 27.9 Å². The van der Waals surface area contributed by atoms with Crippen molar-refractivity contribution in [3.05, 3.63) is 17.2 Å². The maximum atomic E-state index is 11.4. The molecule has 0 aliphatic carbocycles. The summed E-state index contributed by atoms with van der Waals surface area (Å²) in [5.74, 6) is -2.17. The Kier molecular flexibility index (Phi) is 6.85. The number of carbonyl (C=O) groups is 1. The predicted octanol–water partition coefficient (Wildman–Crippen LogP) is 3.71. The molecule has 1 rings (SSSR count). The summed E-state index contributed by atoms with van der Waals surface area (Å²) in [5, 5.41) is 28.8. The summed E-state index contributed by atoms with van der Waals surface area (Å²) in [6.45, 7) is 4.50. The average Bonchev–Trinajstić information content (AvgIpc) is 2.44. The Balaban J connectivity index is 3.12. The van der Waals surface area contributed by atoms with Crippen molar-refractivity contribution in [3.8, 4) is 17.2 Å². The Hall–Kier alpha value is -1.91. The fourth-order valence-corrected chi connectivity index (χ4v) is 2.14. The molecule has 0 radical (unpaired) electrons. The lowest BCUT2D eigenvalue weighted by atomic mass is 10.0. The van der Waals surface area contributed by atoms with Gasteiger partial charge in [-0.05, 0) is 30.9 Å². The fourth-order valence-electron chi connectivity index (χ4n) is 2.14. The van der Waals surface area contributed by atoms with Gasteiger partial charge in [0.05, 0.1) is 6.61 Å². The van der Waals surface area contributed by atoms with Crippen LogP contribution in [0.25, 0.3) is 0 Å². The van der Waals surface area contributed by atoms with Gasteiger partial charge in [-0.25, -0.2) is 4.79 Å². The highest BCUT2D eigenvalue weighted by Gasteiger charge is 2.24. The number of unbranched alkanes of at least 4 members (excludes halogenated alkanes) is 3. The number of aromatic carboxylic acids is 1. The van der Waals surface area contributed by atoms with E-state index in [4.69, 9.17) is 4.74 Å². The first-order chi connectivity index (χ1) is 10.0. The minimum atomic E-state index is -1.30. The van der Waals surface area contributed by atoms with E-state index in [0.29, 0.717) is 18.6 Å². The third-order valence-electron chi connectivity index (χ3n) is 3.32. The number of hydrogen-bond donors (Lipinski definition) is 3. The number of carboxylic acids is 1. The number of rotatable bonds is 9. The smallest absolute Gasteiger partial charge is 0.343 e. The Morgan fingerprint density at radius 1 is 1.14 bits per heavy atom. The number of carboxylic acid groups (broad SMARTS) is 1. The fraction of sp³-hybridized carbons (Fsp3) is 0.562. The van der Waals surface area contributed by atoms with Gasteiger partial charge in [0.15, 0.2) is 11.5 Å². The van der Waals surface area contributed by atoms with Crippen molar-refractivity contribution in [2.45, 2.75) is 52.4 Å². The quantitative estimate of drug-likeness (QED) is 0.477. The highest BCUT2D eigenvalue weighted by Crippen LogP contribution is 2.39. The standard InChI is InChI=1S/C16H24O5/c1-3-5-7-9-21-15-11(8-6-4-2)10-12(17)14(18)13(15)16(19)20/h10,17-18H,3-9H2,1-2H3,(H,19,20). The Morgan fingerprint density at radius 2 is 1.81 bits per heavy atom. The number of benzene rings is 1. The molecule has 21 heavy (non-hydrogen) atoms. The number of aromatic hydroxyl groups is 2. The van der Waals surface area contributed by atoms with Crippen LogP contribution in [-0.2, 0) is 6.42 Å². The molecule has 0 amide bonds. The molecule has 5 heteroatoms. The number of phenols is 2. The van der Waals surface area contributed by atoms with Gasteiger partial charge in [-0.1, -0.05) is 33.1 Å². The summed E-state index contributed by atoms with van der Waals surface area (Å²) in [6.07, 6.45) is 5.27. The number of phenolic OH excluding ortho intramolecular Hbond substituents is 1. The van der Waals surface area contributed by atoms with Gasteiger partial charge in [-0.2, -0.15) is 0 Å². The van der Waals surface area contributed by atoms with Crippen LogP contribution in [0.3, 0.4) is 0 Å². The summed E-state index contributed by atoms with van der Waals surface area (Å²) in [7, 11) is 0. The Labute approximate surface area is 125 Å². The topological polar surface area (TPSA) is 87.0 Å². The molecule has 0 unspecified atom stereocenters. The molecule has 1 aromatic rings. The molecule has 0 fully saturated rings. The lowest BCUT2D eigenvalue weighted by Gasteiger charge is -2.16. The maximum Gasteiger partial charge on any atom is 0.343 e. The molecule has 0 aliphatic heterocycles. The maximum absolute atomic E-state index is 11.4. The van der Waals surface area contributed by atoms with Crippen LogP contribution >= 0.6 is 0 Å². The van der Waals surface area contributed by atoms with Crippen LogP contribution in [0.5, 0.6) is 17.2 Å². The molecule has 3 N–H and O–H groups in total. The van der Waals surface area contributed by atoms with Gasteiger partial charge >= 0.3 is 5.97 Å². The third kappa shape index (κ3) is 4.55. The van der Waals surface area contributed by atoms with Crippen LogP contribution in [0, 0.1) is 0 Å². The molecule has 0 aliphatic rings. The van der Waals surface area contributed by atoms with Gasteiger partial charge in [0.2, 0.25) is 0 Å². The van der Waals surface area contributed by atoms with Crippen LogP contribution in [0.4, 0.5) is 0 Å². The third-order valence-corrected chi connectivity index (χ3v) is 3.32. The normalized spacial score (nSPS) is 10.6. The minimum Gasteiger partial charge on any atom is -0.504 e. The first-order valence-corrected chi connectivity index (χ1v) is 7.46. The van der Waals surface area contributed by atoms with Gasteiger partial charge in [0.1, 0.15) is 11.3 Å². The Bertz CT molecular complexity index is 482. The van der Waals surface area contributed by atoms with Crippen LogP contribution < -0.4 is 4.74 Å². The zero-order valence-electron chi connectivity index (χ0n) is 12.7. The second-order valence-electron chi connectivity index (χ2n) is 5.07. The van der Waals surface area contributed by atoms with E-state index in [-0.39, 0.29) is 11.3 Å². The number of ether oxygens (including phenoxy) is 1. The van der Waals surface area contributed by atoms with Gasteiger partial charge in [-0.15, -0.1) is 0 Å². The van der Waals surface area contributed by atoms with Crippen molar-refractivity contribution in [1.82, 2.24) is 0 Å². The summed E-state index contributed by atoms with van der Waals surface area (Å²) in [4.78, 5) is 11.4. The zero-order chi connectivity index (χ0) is 15.8. The van der Waals surface area contributed by atoms with Crippen molar-refractivity contribution in [2.75, 3.05) is 6.61 Å². The van der Waals surface area contributed by atoms with Gasteiger partial charge in [0.25, 0.3) is 0 Å². The number of aryl methyl sites for hydroxylation is 1. The minimum absolute atomic E-state index is 0.183. The lowest BCUT2D eigenvalue weighted by molar-refractivity contribution is 0.0687. The monoisotopic (exact) mass is 296 g/mol. The van der Waals surface area contributed by atoms with E-state index in [9.17, 15) is 20.1 Å². The summed E-state index contributed by atoms with van der Waals surface area (Å²) >= 11 is 0. The largest absolute Gasteiger partial charge is 0.504 e. The lowest BCUT2D eigenvalue weighted by Crippen LogP contribution is -2.08. The van der Waals surface area contributed by atoms with Gasteiger partial charge in [-0.3, -0.25) is 0 Å². The zero-order valence-corrected chi connectivity index (χ0v) is 12.7. The van der Waals surface area contributed by atoms with Crippen molar-refractivity contribution in [2.24, 2.45) is 0 Å². The summed E-state index contributed by atoms with van der Waals surface area (Å²) < 4.78 is 5.61. The molecule has 0 spiro atoms. The van der Waals surface area contributed by atoms with Crippen LogP contribution in [0.1, 0.15) is 61.9 Å². The predicted molar refractivity (Wildman–Crippen MR) is 80.4 cm³/mol. The number of hydrogen-bond acceptors (Lipinski definition) is 4. The molecule has 0 saturated heterocycles. The average molecular weight is 296 g/mol. The van der Waals surface area contributed by atoms with Crippen molar-refractivity contribution < 1.29 is 24.9 Å². The van der Waals surface area contributed by atoms with E-state index < -0.39 is 17.5 Å². The van der Waals surface area contributed by atoms with E-state index in [0.717, 1.165) is 32.1 Å². The van der Waals surface area contributed by atoms with E-state index in [1.807, 2.05) is 6.92 Å². The molecule has 0 saturated carbocycles. The van der Waals surface area contributed by atoms with E-state index in [1.165, 1.54) is 6.07 Å². The Morgan fingerprint density at radius 3 is 2.38 bits per heavy atom. The molecule has 118 valence electrons. The first-order valence-electron chi connectivity index (χ1n) is 7.46. The second-order valence-corrected chi connectivity index (χ2v) is 5.07. The molecule has 0 bridgehead atoms. The first kappa shape index (κ1) is 17.1. The molecule has 5 nitrogen and oxygen atoms in total. The van der Waals surface area contributed by atoms with E-state index >= 15 is 0 Å². The van der Waals surface area contributed by atoms with Crippen molar-refractivity contribution in [3.63, 3.8) is 0 Å². The van der Waals surface area contributed by atoms with Crippen molar-refractivity contribution >= 4 is 5.97 Å². The van der Waals surface area contributed by atoms with Crippen LogP contribution in [0.15, 0.2) is 6.07 Å². The second kappa shape index (κ2) is 8.39. The van der Waals surface area contributed by atoms with Gasteiger partial charge in [0, 0.05) is 0 Å². The molecule has 0 heterocycles. The van der Waals surface area contributed by atoms with E-state index in [2.05, 4.69) is 6.92 Å². The SMILES string of the molecule is CCCCCOc1c(CCCC)cc(O)c(O)c1C(=O)O. The molecule has 0 atom stereocenters. The van der Waals surface area contributed by atoms with Crippen molar-refractivity contribution in [1.29, 1.82) is 0 Å².